The number of hydrogen-bond donors (Lipinski definition) is 0. The van der Waals surface area contributed by atoms with E-state index in [1.807, 2.05) is 5.38 Å². The molecule has 0 radical (unpaired) electrons. The molecule has 4 nitrogen and oxygen atoms in total. The first-order valence-electron chi connectivity index (χ1n) is 9.39. The molecule has 1 aliphatic carbocycles. The Morgan fingerprint density at radius 3 is 2.56 bits per heavy atom. The average Bonchev–Trinajstić information content (AvgIpc) is 3.36. The molecular weight excluding hydrogens is 368 g/mol. The lowest BCUT2D eigenvalue weighted by molar-refractivity contribution is 0.0800. The van der Waals surface area contributed by atoms with Gasteiger partial charge < -0.3 is 9.74 Å². The number of hydrogen-bond acceptors (Lipinski definition) is 5. The van der Waals surface area contributed by atoms with Crippen molar-refractivity contribution in [1.29, 1.82) is 0 Å². The molecule has 5 rings (SSSR count). The molecule has 0 N–H and O–H groups in total. The van der Waals surface area contributed by atoms with Gasteiger partial charge in [0.15, 0.2) is 6.10 Å². The Morgan fingerprint density at radius 1 is 1.15 bits per heavy atom. The van der Waals surface area contributed by atoms with Crippen LogP contribution in [-0.4, -0.2) is 35.7 Å². The van der Waals surface area contributed by atoms with Crippen molar-refractivity contribution in [3.05, 3.63) is 51.5 Å². The number of thiazole rings is 1. The minimum absolute atomic E-state index is 0.0561. The number of aromatic nitrogens is 1. The van der Waals surface area contributed by atoms with Gasteiger partial charge >= 0.3 is 0 Å². The number of rotatable bonds is 3. The summed E-state index contributed by atoms with van der Waals surface area (Å²) < 4.78 is 28.0. The Morgan fingerprint density at radius 2 is 1.85 bits per heavy atom. The van der Waals surface area contributed by atoms with E-state index < -0.39 is 17.7 Å². The summed E-state index contributed by atoms with van der Waals surface area (Å²) in [7, 11) is 2.20. The Hall–Kier alpha value is -1.86. The van der Waals surface area contributed by atoms with Crippen molar-refractivity contribution in [1.82, 2.24) is 9.88 Å². The van der Waals surface area contributed by atoms with E-state index in [9.17, 15) is 8.78 Å². The van der Waals surface area contributed by atoms with Crippen LogP contribution in [0.5, 0.6) is 0 Å². The van der Waals surface area contributed by atoms with Crippen molar-refractivity contribution < 1.29 is 13.6 Å². The zero-order valence-corrected chi connectivity index (χ0v) is 15.9. The number of nitrogens with zero attached hydrogens (tertiary/aromatic N) is 3. The maximum atomic E-state index is 14.0. The predicted octanol–water partition coefficient (Wildman–Crippen LogP) is 4.34. The molecule has 0 amide bonds. The number of benzene rings is 1. The predicted molar refractivity (Wildman–Crippen MR) is 99.9 cm³/mol. The van der Waals surface area contributed by atoms with E-state index >= 15 is 0 Å². The zero-order valence-electron chi connectivity index (χ0n) is 15.1. The second-order valence-electron chi connectivity index (χ2n) is 7.95. The molecule has 27 heavy (non-hydrogen) atoms. The van der Waals surface area contributed by atoms with E-state index in [1.54, 1.807) is 11.3 Å². The van der Waals surface area contributed by atoms with Crippen LogP contribution in [0.4, 0.5) is 8.78 Å². The van der Waals surface area contributed by atoms with Gasteiger partial charge in [-0.2, -0.15) is 0 Å². The maximum absolute atomic E-state index is 14.0. The van der Waals surface area contributed by atoms with E-state index in [2.05, 4.69) is 17.1 Å². The molecular formula is C20H21F2N3OS. The van der Waals surface area contributed by atoms with Crippen molar-refractivity contribution in [2.75, 3.05) is 20.1 Å². The van der Waals surface area contributed by atoms with E-state index in [0.717, 1.165) is 22.5 Å². The van der Waals surface area contributed by atoms with Gasteiger partial charge in [-0.25, -0.2) is 13.8 Å². The third-order valence-corrected chi connectivity index (χ3v) is 7.10. The molecule has 0 spiro atoms. The van der Waals surface area contributed by atoms with Crippen LogP contribution in [0.2, 0.25) is 0 Å². The third-order valence-electron chi connectivity index (χ3n) is 6.09. The molecule has 7 heteroatoms. The molecule has 1 saturated heterocycles. The Bertz CT molecular complexity index is 865. The fourth-order valence-corrected chi connectivity index (χ4v) is 5.80. The van der Waals surface area contributed by atoms with E-state index in [0.29, 0.717) is 18.1 Å². The first-order valence-corrected chi connectivity index (χ1v) is 10.3. The highest BCUT2D eigenvalue weighted by molar-refractivity contribution is 7.10. The SMILES string of the molecule is CN1CC2CC(c3nc(C4=NOC(c5c(F)cccc5F)C4)cs3)CC2C1. The Balaban J connectivity index is 1.29. The minimum Gasteiger partial charge on any atom is -0.387 e. The molecule has 2 aliphatic heterocycles. The number of halogens is 2. The standard InChI is InChI=1S/C20H21F2N3OS/c1-25-8-12-5-11(6-13(12)9-25)20-23-17(10-27-20)16-7-18(26-24-16)19-14(21)3-2-4-15(19)22/h2-4,10-13,18H,5-9H2,1H3. The van der Waals surface area contributed by atoms with Crippen LogP contribution < -0.4 is 0 Å². The quantitative estimate of drug-likeness (QED) is 0.784. The van der Waals surface area contributed by atoms with Gasteiger partial charge in [-0.05, 0) is 43.9 Å². The Kier molecular flexibility index (Phi) is 4.24. The second-order valence-corrected chi connectivity index (χ2v) is 8.84. The van der Waals surface area contributed by atoms with Crippen LogP contribution in [0.15, 0.2) is 28.7 Å². The van der Waals surface area contributed by atoms with Crippen LogP contribution in [0.25, 0.3) is 0 Å². The van der Waals surface area contributed by atoms with Gasteiger partial charge in [-0.3, -0.25) is 0 Å². The van der Waals surface area contributed by atoms with Crippen LogP contribution in [-0.2, 0) is 4.84 Å². The molecule has 2 fully saturated rings. The molecule has 1 saturated carbocycles. The average molecular weight is 389 g/mol. The first-order chi connectivity index (χ1) is 13.1. The van der Waals surface area contributed by atoms with Crippen molar-refractivity contribution in [2.24, 2.45) is 17.0 Å². The van der Waals surface area contributed by atoms with Gasteiger partial charge in [0.05, 0.1) is 16.3 Å². The fourth-order valence-electron chi connectivity index (χ4n) is 4.85. The van der Waals surface area contributed by atoms with Gasteiger partial charge in [0.25, 0.3) is 0 Å². The monoisotopic (exact) mass is 389 g/mol. The lowest BCUT2D eigenvalue weighted by Crippen LogP contribution is -2.16. The smallest absolute Gasteiger partial charge is 0.164 e. The minimum atomic E-state index is -0.729. The third kappa shape index (κ3) is 3.06. The van der Waals surface area contributed by atoms with E-state index in [1.165, 1.54) is 44.1 Å². The summed E-state index contributed by atoms with van der Waals surface area (Å²) in [6, 6.07) is 3.84. The lowest BCUT2D eigenvalue weighted by Gasteiger charge is -2.12. The summed E-state index contributed by atoms with van der Waals surface area (Å²) in [5.41, 5.74) is 1.39. The van der Waals surface area contributed by atoms with Crippen LogP contribution in [0.1, 0.15) is 47.5 Å². The summed E-state index contributed by atoms with van der Waals surface area (Å²) in [6.45, 7) is 2.38. The highest BCUT2D eigenvalue weighted by Crippen LogP contribution is 2.46. The molecule has 3 unspecified atom stereocenters. The number of oxime groups is 1. The summed E-state index contributed by atoms with van der Waals surface area (Å²) in [5.74, 6) is 0.895. The molecule has 3 heterocycles. The summed E-state index contributed by atoms with van der Waals surface area (Å²) in [6.07, 6.45) is 2.01. The number of likely N-dealkylation sites (tertiary alicyclic amines) is 1. The molecule has 1 aromatic carbocycles. The van der Waals surface area contributed by atoms with Crippen LogP contribution >= 0.6 is 11.3 Å². The number of fused-ring (bicyclic) bond motifs is 1. The summed E-state index contributed by atoms with van der Waals surface area (Å²) in [4.78, 5) is 12.6. The first kappa shape index (κ1) is 17.3. The summed E-state index contributed by atoms with van der Waals surface area (Å²) >= 11 is 1.67. The molecule has 3 atom stereocenters. The normalized spacial score (nSPS) is 30.4. The molecule has 0 bridgehead atoms. The molecule has 142 valence electrons. The van der Waals surface area contributed by atoms with Gasteiger partial charge in [0.2, 0.25) is 0 Å². The largest absolute Gasteiger partial charge is 0.387 e. The van der Waals surface area contributed by atoms with Gasteiger partial charge in [0.1, 0.15) is 17.3 Å². The van der Waals surface area contributed by atoms with Crippen molar-refractivity contribution in [3.63, 3.8) is 0 Å². The summed E-state index contributed by atoms with van der Waals surface area (Å²) in [5, 5.41) is 7.23. The molecule has 2 aromatic rings. The van der Waals surface area contributed by atoms with Crippen LogP contribution in [0, 0.1) is 23.5 Å². The van der Waals surface area contributed by atoms with Gasteiger partial charge in [-0.15, -0.1) is 11.3 Å². The lowest BCUT2D eigenvalue weighted by atomic mass is 10.0. The maximum Gasteiger partial charge on any atom is 0.164 e. The molecule has 3 aliphatic rings. The fraction of sp³-hybridized carbons (Fsp3) is 0.500. The molecule has 1 aromatic heterocycles. The highest BCUT2D eigenvalue weighted by Gasteiger charge is 2.41. The van der Waals surface area contributed by atoms with Crippen molar-refractivity contribution in [2.45, 2.75) is 31.3 Å². The van der Waals surface area contributed by atoms with Crippen molar-refractivity contribution in [3.8, 4) is 0 Å². The highest BCUT2D eigenvalue weighted by atomic mass is 32.1. The topological polar surface area (TPSA) is 37.7 Å². The van der Waals surface area contributed by atoms with Crippen molar-refractivity contribution >= 4 is 17.0 Å². The second kappa shape index (κ2) is 6.63. The zero-order chi connectivity index (χ0) is 18.5. The van der Waals surface area contributed by atoms with Crippen LogP contribution in [0.3, 0.4) is 0 Å². The Labute approximate surface area is 160 Å². The van der Waals surface area contributed by atoms with Gasteiger partial charge in [-0.1, -0.05) is 11.2 Å². The van der Waals surface area contributed by atoms with Gasteiger partial charge in [0, 0.05) is 30.8 Å². The van der Waals surface area contributed by atoms with E-state index in [4.69, 9.17) is 9.82 Å². The van der Waals surface area contributed by atoms with E-state index in [-0.39, 0.29) is 5.56 Å².